The van der Waals surface area contributed by atoms with Crippen LogP contribution in [0.5, 0.6) is 0 Å². The minimum Gasteiger partial charge on any atom is -0.443 e. The maximum absolute atomic E-state index is 13.1. The fourth-order valence-electron chi connectivity index (χ4n) is 6.57. The summed E-state index contributed by atoms with van der Waals surface area (Å²) >= 11 is 0. The Hall–Kier alpha value is -1.65. The van der Waals surface area contributed by atoms with Crippen LogP contribution >= 0.6 is 0 Å². The standard InChI is InChI=1S/C23H33NO4/c1-21(2,3)28-20(27)24-13-16-17(23(5)9-6-14(25)11-19(23)24)7-8-22(4)12-15(26)10-18(16)22/h11,16-18H,6-10,12-13H2,1-5H3/t16-,17-,18+,22-,23-/m1/s1. The molecule has 0 N–H and O–H groups in total. The molecule has 5 atom stereocenters. The Morgan fingerprint density at radius 3 is 2.57 bits per heavy atom. The Kier molecular flexibility index (Phi) is 4.33. The molecular weight excluding hydrogens is 354 g/mol. The van der Waals surface area contributed by atoms with Crippen LogP contribution in [0.25, 0.3) is 0 Å². The largest absolute Gasteiger partial charge is 0.443 e. The summed E-state index contributed by atoms with van der Waals surface area (Å²) in [7, 11) is 0. The fourth-order valence-corrected chi connectivity index (χ4v) is 6.57. The summed E-state index contributed by atoms with van der Waals surface area (Å²) in [6, 6.07) is 0. The number of ketones is 2. The summed E-state index contributed by atoms with van der Waals surface area (Å²) in [4.78, 5) is 39.4. The van der Waals surface area contributed by atoms with Gasteiger partial charge in [-0.15, -0.1) is 0 Å². The van der Waals surface area contributed by atoms with E-state index >= 15 is 0 Å². The molecule has 4 aliphatic rings. The predicted octanol–water partition coefficient (Wildman–Crippen LogP) is 4.50. The normalized spacial score (nSPS) is 40.4. The maximum Gasteiger partial charge on any atom is 0.414 e. The number of allylic oxidation sites excluding steroid dienone is 2. The zero-order chi connectivity index (χ0) is 20.5. The molecule has 1 heterocycles. The average Bonchev–Trinajstić information content (AvgIpc) is 2.87. The number of hydrogen-bond acceptors (Lipinski definition) is 4. The highest BCUT2D eigenvalue weighted by atomic mass is 16.6. The first-order valence-corrected chi connectivity index (χ1v) is 10.7. The molecule has 0 unspecified atom stereocenters. The van der Waals surface area contributed by atoms with Gasteiger partial charge in [-0.25, -0.2) is 4.79 Å². The molecule has 3 aliphatic carbocycles. The van der Waals surface area contributed by atoms with Crippen LogP contribution in [0, 0.1) is 28.6 Å². The highest BCUT2D eigenvalue weighted by Gasteiger charge is 2.60. The van der Waals surface area contributed by atoms with Crippen LogP contribution in [0.2, 0.25) is 0 Å². The van der Waals surface area contributed by atoms with Crippen molar-refractivity contribution in [3.8, 4) is 0 Å². The van der Waals surface area contributed by atoms with Gasteiger partial charge in [0.05, 0.1) is 0 Å². The van der Waals surface area contributed by atoms with Gasteiger partial charge in [0.1, 0.15) is 11.4 Å². The Morgan fingerprint density at radius 1 is 1.18 bits per heavy atom. The lowest BCUT2D eigenvalue weighted by Crippen LogP contribution is -2.58. The molecule has 1 saturated heterocycles. The molecule has 1 amide bonds. The number of carbonyl (C=O) groups is 3. The minimum atomic E-state index is -0.589. The molecule has 1 aliphatic heterocycles. The zero-order valence-electron chi connectivity index (χ0n) is 17.8. The minimum absolute atomic E-state index is 0.0555. The molecule has 5 heteroatoms. The summed E-state index contributed by atoms with van der Waals surface area (Å²) < 4.78 is 5.71. The number of nitrogens with zero attached hydrogens (tertiary/aromatic N) is 1. The number of piperidine rings is 1. The number of likely N-dealkylation sites (tertiary alicyclic amines) is 1. The zero-order valence-corrected chi connectivity index (χ0v) is 17.8. The summed E-state index contributed by atoms with van der Waals surface area (Å²) in [6.45, 7) is 10.6. The predicted molar refractivity (Wildman–Crippen MR) is 105 cm³/mol. The number of hydrogen-bond donors (Lipinski definition) is 0. The van der Waals surface area contributed by atoms with E-state index in [0.29, 0.717) is 43.4 Å². The average molecular weight is 388 g/mol. The van der Waals surface area contributed by atoms with Crippen LogP contribution in [0.15, 0.2) is 11.8 Å². The van der Waals surface area contributed by atoms with Crippen LogP contribution in [-0.2, 0) is 14.3 Å². The molecule has 0 radical (unpaired) electrons. The van der Waals surface area contributed by atoms with Crippen LogP contribution in [0.3, 0.4) is 0 Å². The van der Waals surface area contributed by atoms with E-state index in [-0.39, 0.29) is 28.6 Å². The number of carbonyl (C=O) groups excluding carboxylic acids is 3. The van der Waals surface area contributed by atoms with Crippen molar-refractivity contribution < 1.29 is 19.1 Å². The van der Waals surface area contributed by atoms with Crippen LogP contribution in [0.4, 0.5) is 4.79 Å². The summed E-state index contributed by atoms with van der Waals surface area (Å²) in [6.07, 6.45) is 6.07. The first kappa shape index (κ1) is 19.7. The third-order valence-electron chi connectivity index (χ3n) is 7.89. The monoisotopic (exact) mass is 387 g/mol. The number of Topliss-reactive ketones (excluding diaryl/α,β-unsaturated/α-hetero) is 1. The lowest BCUT2D eigenvalue weighted by molar-refractivity contribution is -0.119. The Labute approximate surface area is 167 Å². The third kappa shape index (κ3) is 3.02. The van der Waals surface area contributed by atoms with Crippen molar-refractivity contribution in [3.63, 3.8) is 0 Å². The summed E-state index contributed by atoms with van der Waals surface area (Å²) in [5, 5.41) is 0. The molecule has 5 nitrogen and oxygen atoms in total. The SMILES string of the molecule is CC(C)(C)OC(=O)N1C[C@@H]2[C@@H](CC[C@]3(C)CC(=O)C[C@@H]23)[C@@]2(C)CCC(=O)C=C12. The molecule has 154 valence electrons. The highest BCUT2D eigenvalue weighted by molar-refractivity contribution is 5.92. The van der Waals surface area contributed by atoms with Crippen molar-refractivity contribution in [1.29, 1.82) is 0 Å². The molecule has 0 aromatic rings. The van der Waals surface area contributed by atoms with E-state index in [2.05, 4.69) is 13.8 Å². The van der Waals surface area contributed by atoms with E-state index in [1.54, 1.807) is 11.0 Å². The van der Waals surface area contributed by atoms with Gasteiger partial charge < -0.3 is 4.74 Å². The fraction of sp³-hybridized carbons (Fsp3) is 0.783. The van der Waals surface area contributed by atoms with Crippen LogP contribution in [-0.4, -0.2) is 34.7 Å². The van der Waals surface area contributed by atoms with Gasteiger partial charge in [0.25, 0.3) is 0 Å². The van der Waals surface area contributed by atoms with E-state index in [1.807, 2.05) is 20.8 Å². The van der Waals surface area contributed by atoms with Crippen LogP contribution < -0.4 is 0 Å². The molecule has 0 bridgehead atoms. The molecule has 0 aromatic heterocycles. The Bertz CT molecular complexity index is 763. The summed E-state index contributed by atoms with van der Waals surface area (Å²) in [5.41, 5.74) is 0.0985. The number of fused-ring (bicyclic) bond motifs is 5. The van der Waals surface area contributed by atoms with E-state index < -0.39 is 5.60 Å². The summed E-state index contributed by atoms with van der Waals surface area (Å²) in [5.74, 6) is 1.47. The van der Waals surface area contributed by atoms with Crippen molar-refractivity contribution in [2.24, 2.45) is 28.6 Å². The van der Waals surface area contributed by atoms with Gasteiger partial charge >= 0.3 is 6.09 Å². The van der Waals surface area contributed by atoms with Gasteiger partial charge in [-0.05, 0) is 63.2 Å². The molecule has 2 saturated carbocycles. The smallest absolute Gasteiger partial charge is 0.414 e. The van der Waals surface area contributed by atoms with E-state index in [4.69, 9.17) is 4.74 Å². The highest BCUT2D eigenvalue weighted by Crippen LogP contribution is 2.63. The second-order valence-corrected chi connectivity index (χ2v) is 11.0. The second kappa shape index (κ2) is 6.17. The lowest BCUT2D eigenvalue weighted by Gasteiger charge is -2.59. The molecule has 4 rings (SSSR count). The van der Waals surface area contributed by atoms with Gasteiger partial charge in [-0.2, -0.15) is 0 Å². The number of rotatable bonds is 0. The van der Waals surface area contributed by atoms with Crippen molar-refractivity contribution >= 4 is 17.7 Å². The number of amides is 1. The molecule has 3 fully saturated rings. The lowest BCUT2D eigenvalue weighted by atomic mass is 9.50. The van der Waals surface area contributed by atoms with Gasteiger partial charge in [-0.3, -0.25) is 14.5 Å². The quantitative estimate of drug-likeness (QED) is 0.614. The van der Waals surface area contributed by atoms with E-state index in [1.165, 1.54) is 0 Å². The van der Waals surface area contributed by atoms with Crippen molar-refractivity contribution in [1.82, 2.24) is 4.90 Å². The molecule has 28 heavy (non-hydrogen) atoms. The Balaban J connectivity index is 1.74. The van der Waals surface area contributed by atoms with Gasteiger partial charge in [0.2, 0.25) is 0 Å². The number of ether oxygens (including phenoxy) is 1. The molecular formula is C23H33NO4. The van der Waals surface area contributed by atoms with E-state index in [9.17, 15) is 14.4 Å². The van der Waals surface area contributed by atoms with Crippen molar-refractivity contribution in [2.45, 2.75) is 78.7 Å². The van der Waals surface area contributed by atoms with E-state index in [0.717, 1.165) is 25.0 Å². The first-order valence-electron chi connectivity index (χ1n) is 10.7. The van der Waals surface area contributed by atoms with Gasteiger partial charge in [0, 0.05) is 43.0 Å². The third-order valence-corrected chi connectivity index (χ3v) is 7.89. The second-order valence-electron chi connectivity index (χ2n) is 11.0. The maximum atomic E-state index is 13.1. The Morgan fingerprint density at radius 2 is 1.89 bits per heavy atom. The van der Waals surface area contributed by atoms with Gasteiger partial charge in [-0.1, -0.05) is 13.8 Å². The molecule has 0 aromatic carbocycles. The van der Waals surface area contributed by atoms with Gasteiger partial charge in [0.15, 0.2) is 5.78 Å². The van der Waals surface area contributed by atoms with Crippen molar-refractivity contribution in [2.75, 3.05) is 6.54 Å². The molecule has 0 spiro atoms. The first-order chi connectivity index (χ1) is 12.9. The van der Waals surface area contributed by atoms with Crippen LogP contribution in [0.1, 0.15) is 73.1 Å². The topological polar surface area (TPSA) is 63.7 Å². The van der Waals surface area contributed by atoms with Crippen molar-refractivity contribution in [3.05, 3.63) is 11.8 Å².